The van der Waals surface area contributed by atoms with Crippen LogP contribution in [0.5, 0.6) is 11.5 Å². The average Bonchev–Trinajstić information content (AvgIpc) is 3.30. The maximum atomic E-state index is 12.7. The summed E-state index contributed by atoms with van der Waals surface area (Å²) in [5.74, 6) is 0.485. The Labute approximate surface area is 204 Å². The van der Waals surface area contributed by atoms with Gasteiger partial charge in [-0.25, -0.2) is 4.79 Å². The normalized spacial score (nSPS) is 13.5. The summed E-state index contributed by atoms with van der Waals surface area (Å²) >= 11 is 1.56. The lowest BCUT2D eigenvalue weighted by Gasteiger charge is -2.23. The van der Waals surface area contributed by atoms with E-state index in [9.17, 15) is 14.4 Å². The summed E-state index contributed by atoms with van der Waals surface area (Å²) in [7, 11) is 0. The Morgan fingerprint density at radius 1 is 1.21 bits per heavy atom. The van der Waals surface area contributed by atoms with Crippen molar-refractivity contribution in [2.75, 3.05) is 33.0 Å². The fourth-order valence-electron chi connectivity index (χ4n) is 3.16. The van der Waals surface area contributed by atoms with E-state index in [-0.39, 0.29) is 32.3 Å². The molecule has 0 aromatic heterocycles. The highest BCUT2D eigenvalue weighted by molar-refractivity contribution is 8.05. The number of esters is 1. The number of amides is 3. The zero-order valence-corrected chi connectivity index (χ0v) is 20.9. The molecule has 1 unspecified atom stereocenters. The van der Waals surface area contributed by atoms with E-state index in [1.807, 2.05) is 38.3 Å². The molecule has 1 aliphatic heterocycles. The summed E-state index contributed by atoms with van der Waals surface area (Å²) in [6.45, 7) is 8.63. The van der Waals surface area contributed by atoms with Crippen molar-refractivity contribution in [3.8, 4) is 11.5 Å². The van der Waals surface area contributed by atoms with E-state index in [2.05, 4.69) is 10.6 Å². The average molecular weight is 492 g/mol. The van der Waals surface area contributed by atoms with Crippen LogP contribution in [0.4, 0.5) is 4.79 Å². The quantitative estimate of drug-likeness (QED) is 0.429. The molecule has 0 spiro atoms. The third-order valence-electron chi connectivity index (χ3n) is 4.94. The molecule has 0 aliphatic carbocycles. The van der Waals surface area contributed by atoms with Gasteiger partial charge >= 0.3 is 12.0 Å². The second-order valence-corrected chi connectivity index (χ2v) is 8.28. The van der Waals surface area contributed by atoms with Crippen molar-refractivity contribution in [2.24, 2.45) is 0 Å². The molecular weight excluding hydrogens is 458 g/mol. The summed E-state index contributed by atoms with van der Waals surface area (Å²) < 4.78 is 15.8. The molecule has 1 aromatic rings. The molecular formula is C24H33N3O6S. The number of likely N-dealkylation sites (N-methyl/N-ethyl adjacent to an activating group) is 1. The molecule has 3 amide bonds. The van der Waals surface area contributed by atoms with Gasteiger partial charge in [0.25, 0.3) is 0 Å². The lowest BCUT2D eigenvalue weighted by Crippen LogP contribution is -2.45. The monoisotopic (exact) mass is 491 g/mol. The zero-order chi connectivity index (χ0) is 24.9. The van der Waals surface area contributed by atoms with Gasteiger partial charge < -0.3 is 29.7 Å². The summed E-state index contributed by atoms with van der Waals surface area (Å²) in [4.78, 5) is 40.1. The number of rotatable bonds is 12. The molecule has 34 heavy (non-hydrogen) atoms. The number of benzene rings is 1. The first kappa shape index (κ1) is 27.1. The van der Waals surface area contributed by atoms with Crippen LogP contribution in [-0.4, -0.2) is 55.8 Å². The molecule has 186 valence electrons. The standard InChI is InChI=1S/C24H33N3O6S/c1-5-11-34-18(6-2)15-27(7-3)22(28)14-25-24(30)26-19(13-23(29)31-8-4)17-9-10-20-21(12-17)33-16-32-20/h5-6,9-12,19H,7-8,13-16H2,1-4H3,(H2,25,26,30)/b11-5-,18-6-. The van der Waals surface area contributed by atoms with Crippen molar-refractivity contribution in [3.63, 3.8) is 0 Å². The van der Waals surface area contributed by atoms with Crippen LogP contribution in [0.15, 0.2) is 40.7 Å². The van der Waals surface area contributed by atoms with E-state index in [4.69, 9.17) is 14.2 Å². The third-order valence-corrected chi connectivity index (χ3v) is 6.02. The van der Waals surface area contributed by atoms with Crippen molar-refractivity contribution in [1.29, 1.82) is 0 Å². The number of hydrogen-bond acceptors (Lipinski definition) is 7. The highest BCUT2D eigenvalue weighted by Crippen LogP contribution is 2.34. The fourth-order valence-corrected chi connectivity index (χ4v) is 3.84. The van der Waals surface area contributed by atoms with Crippen LogP contribution in [0.25, 0.3) is 0 Å². The van der Waals surface area contributed by atoms with E-state index >= 15 is 0 Å². The second kappa shape index (κ2) is 14.2. The summed E-state index contributed by atoms with van der Waals surface area (Å²) in [5.41, 5.74) is 0.660. The Balaban J connectivity index is 2.00. The van der Waals surface area contributed by atoms with Crippen LogP contribution in [-0.2, 0) is 14.3 Å². The summed E-state index contributed by atoms with van der Waals surface area (Å²) in [6, 6.07) is 3.96. The van der Waals surface area contributed by atoms with Crippen molar-refractivity contribution in [3.05, 3.63) is 46.2 Å². The SMILES string of the molecule is C/C=C\S/C(=C\C)CN(CC)C(=O)CNC(=O)NC(CC(=O)OCC)c1ccc2c(c1)OCO2. The van der Waals surface area contributed by atoms with Gasteiger partial charge in [0.15, 0.2) is 11.5 Å². The summed E-state index contributed by atoms with van der Waals surface area (Å²) in [6.07, 6.45) is 3.83. The van der Waals surface area contributed by atoms with Gasteiger partial charge in [-0.1, -0.05) is 18.2 Å². The topological polar surface area (TPSA) is 106 Å². The maximum absolute atomic E-state index is 12.7. The lowest BCUT2D eigenvalue weighted by molar-refractivity contribution is -0.143. The number of urea groups is 1. The Morgan fingerprint density at radius 2 is 1.97 bits per heavy atom. The Bertz CT molecular complexity index is 918. The first-order chi connectivity index (χ1) is 16.4. The first-order valence-corrected chi connectivity index (χ1v) is 12.1. The molecule has 0 radical (unpaired) electrons. The number of nitrogens with one attached hydrogen (secondary N) is 2. The molecule has 2 rings (SSSR count). The molecule has 2 N–H and O–H groups in total. The molecule has 9 nitrogen and oxygen atoms in total. The van der Waals surface area contributed by atoms with E-state index < -0.39 is 18.0 Å². The molecule has 1 atom stereocenters. The van der Waals surface area contributed by atoms with Gasteiger partial charge in [0.2, 0.25) is 12.7 Å². The molecule has 1 aliphatic rings. The minimum atomic E-state index is -0.669. The summed E-state index contributed by atoms with van der Waals surface area (Å²) in [5, 5.41) is 7.32. The Hall–Kier alpha value is -3.14. The van der Waals surface area contributed by atoms with E-state index in [1.54, 1.807) is 41.8 Å². The molecule has 0 saturated heterocycles. The lowest BCUT2D eigenvalue weighted by atomic mass is 10.0. The predicted molar refractivity (Wildman–Crippen MR) is 132 cm³/mol. The van der Waals surface area contributed by atoms with Crippen LogP contribution in [0, 0.1) is 0 Å². The Kier molecular flexibility index (Phi) is 11.3. The number of ether oxygens (including phenoxy) is 3. The maximum Gasteiger partial charge on any atom is 0.315 e. The number of thioether (sulfide) groups is 1. The number of carbonyl (C=O) groups excluding carboxylic acids is 3. The van der Waals surface area contributed by atoms with Gasteiger partial charge in [-0.2, -0.15) is 0 Å². The van der Waals surface area contributed by atoms with E-state index in [1.165, 1.54) is 0 Å². The number of fused-ring (bicyclic) bond motifs is 1. The Morgan fingerprint density at radius 3 is 2.65 bits per heavy atom. The number of hydrogen-bond donors (Lipinski definition) is 2. The molecule has 0 bridgehead atoms. The van der Waals surface area contributed by atoms with E-state index in [0.29, 0.717) is 30.2 Å². The second-order valence-electron chi connectivity index (χ2n) is 7.25. The molecule has 10 heteroatoms. The largest absolute Gasteiger partial charge is 0.466 e. The highest BCUT2D eigenvalue weighted by Gasteiger charge is 2.23. The number of allylic oxidation sites excluding steroid dienone is 2. The van der Waals surface area contributed by atoms with Crippen LogP contribution in [0.1, 0.15) is 45.7 Å². The first-order valence-electron chi connectivity index (χ1n) is 11.2. The van der Waals surface area contributed by atoms with Gasteiger partial charge in [-0.05, 0) is 50.8 Å². The van der Waals surface area contributed by atoms with E-state index in [0.717, 1.165) is 4.91 Å². The minimum Gasteiger partial charge on any atom is -0.466 e. The van der Waals surface area contributed by atoms with Crippen LogP contribution >= 0.6 is 11.8 Å². The van der Waals surface area contributed by atoms with Gasteiger partial charge in [0.05, 0.1) is 32.2 Å². The molecule has 0 saturated carbocycles. The minimum absolute atomic E-state index is 0.0667. The van der Waals surface area contributed by atoms with Gasteiger partial charge in [-0.15, -0.1) is 11.8 Å². The van der Waals surface area contributed by atoms with Gasteiger partial charge in [-0.3, -0.25) is 9.59 Å². The van der Waals surface area contributed by atoms with Crippen LogP contribution < -0.4 is 20.1 Å². The van der Waals surface area contributed by atoms with Crippen molar-refractivity contribution in [1.82, 2.24) is 15.5 Å². The third kappa shape index (κ3) is 8.33. The van der Waals surface area contributed by atoms with Crippen LogP contribution in [0.2, 0.25) is 0 Å². The fraction of sp³-hybridized carbons (Fsp3) is 0.458. The van der Waals surface area contributed by atoms with Crippen molar-refractivity contribution < 1.29 is 28.6 Å². The smallest absolute Gasteiger partial charge is 0.315 e. The number of carbonyl (C=O) groups is 3. The molecule has 0 fully saturated rings. The zero-order valence-electron chi connectivity index (χ0n) is 20.1. The van der Waals surface area contributed by atoms with Crippen LogP contribution in [0.3, 0.4) is 0 Å². The predicted octanol–water partition coefficient (Wildman–Crippen LogP) is 3.73. The van der Waals surface area contributed by atoms with Crippen molar-refractivity contribution >= 4 is 29.7 Å². The molecule has 1 aromatic carbocycles. The van der Waals surface area contributed by atoms with Gasteiger partial charge in [0.1, 0.15) is 0 Å². The highest BCUT2D eigenvalue weighted by atomic mass is 32.2. The van der Waals surface area contributed by atoms with Crippen molar-refractivity contribution in [2.45, 2.75) is 40.2 Å². The number of nitrogens with zero attached hydrogens (tertiary/aromatic N) is 1. The van der Waals surface area contributed by atoms with Gasteiger partial charge in [0, 0.05) is 11.4 Å². The molecule has 1 heterocycles.